The van der Waals surface area contributed by atoms with E-state index in [9.17, 15) is 9.59 Å². The van der Waals surface area contributed by atoms with Crippen LogP contribution in [0.15, 0.2) is 0 Å². The van der Waals surface area contributed by atoms with E-state index in [1.165, 1.54) is 0 Å². The lowest BCUT2D eigenvalue weighted by atomic mass is 10.2. The van der Waals surface area contributed by atoms with Crippen LogP contribution in [-0.2, 0) is 19.1 Å². The Morgan fingerprint density at radius 1 is 1.21 bits per heavy atom. The van der Waals surface area contributed by atoms with Crippen LogP contribution in [0.4, 0.5) is 0 Å². The molecule has 0 aromatic carbocycles. The van der Waals surface area contributed by atoms with E-state index < -0.39 is 12.6 Å². The Hall–Kier alpha value is -1.18. The van der Waals surface area contributed by atoms with Gasteiger partial charge in [-0.15, -0.1) is 0 Å². The van der Waals surface area contributed by atoms with Crippen molar-refractivity contribution in [3.63, 3.8) is 0 Å². The van der Waals surface area contributed by atoms with Crippen molar-refractivity contribution in [3.05, 3.63) is 0 Å². The van der Waals surface area contributed by atoms with Crippen molar-refractivity contribution < 1.29 is 24.2 Å². The number of morpholine rings is 1. The highest BCUT2D eigenvalue weighted by Crippen LogP contribution is 2.16. The highest BCUT2D eigenvalue weighted by Gasteiger charge is 2.30. The Bertz CT molecular complexity index is 330. The van der Waals surface area contributed by atoms with Crippen molar-refractivity contribution in [2.75, 3.05) is 52.6 Å². The van der Waals surface area contributed by atoms with Crippen molar-refractivity contribution in [1.29, 1.82) is 0 Å². The lowest BCUT2D eigenvalue weighted by Crippen LogP contribution is -2.45. The molecule has 0 aromatic heterocycles. The van der Waals surface area contributed by atoms with Gasteiger partial charge in [0.2, 0.25) is 5.91 Å². The number of rotatable bonds is 5. The summed E-state index contributed by atoms with van der Waals surface area (Å²) in [6.07, 6.45) is 0.963. The molecule has 0 radical (unpaired) electrons. The molecule has 1 amide bonds. The Morgan fingerprint density at radius 2 is 1.95 bits per heavy atom. The Morgan fingerprint density at radius 3 is 2.63 bits per heavy atom. The molecule has 19 heavy (non-hydrogen) atoms. The lowest BCUT2D eigenvalue weighted by Gasteiger charge is -2.32. The van der Waals surface area contributed by atoms with Crippen LogP contribution in [0.5, 0.6) is 0 Å². The van der Waals surface area contributed by atoms with Crippen molar-refractivity contribution in [1.82, 2.24) is 9.80 Å². The van der Waals surface area contributed by atoms with Crippen molar-refractivity contribution in [2.24, 2.45) is 0 Å². The fourth-order valence-electron chi connectivity index (χ4n) is 2.53. The van der Waals surface area contributed by atoms with Gasteiger partial charge in [0.25, 0.3) is 0 Å². The quantitative estimate of drug-likeness (QED) is 0.693. The van der Waals surface area contributed by atoms with Gasteiger partial charge < -0.3 is 19.5 Å². The normalized spacial score (nSPS) is 24.6. The SMILES string of the molecule is O=C(O)COCC(=O)N1CCC(N2CCOCC2)C1. The predicted octanol–water partition coefficient (Wildman–Crippen LogP) is -0.979. The average Bonchev–Trinajstić information content (AvgIpc) is 2.89. The van der Waals surface area contributed by atoms with Gasteiger partial charge in [-0.2, -0.15) is 0 Å². The topological polar surface area (TPSA) is 79.3 Å². The number of amides is 1. The summed E-state index contributed by atoms with van der Waals surface area (Å²) >= 11 is 0. The van der Waals surface area contributed by atoms with Crippen LogP contribution in [-0.4, -0.2) is 85.4 Å². The van der Waals surface area contributed by atoms with Crippen LogP contribution in [0.25, 0.3) is 0 Å². The molecule has 0 bridgehead atoms. The molecule has 1 unspecified atom stereocenters. The standard InChI is InChI=1S/C12H20N2O5/c15-11(8-19-9-12(16)17)14-2-1-10(7-14)13-3-5-18-6-4-13/h10H,1-9H2,(H,16,17). The van der Waals surface area contributed by atoms with Gasteiger partial charge in [0.05, 0.1) is 13.2 Å². The molecule has 2 rings (SSSR count). The molecular weight excluding hydrogens is 252 g/mol. The number of ether oxygens (including phenoxy) is 2. The number of nitrogens with zero attached hydrogens (tertiary/aromatic N) is 2. The number of likely N-dealkylation sites (tertiary alicyclic amines) is 1. The highest BCUT2D eigenvalue weighted by molar-refractivity contribution is 5.78. The van der Waals surface area contributed by atoms with Gasteiger partial charge in [-0.05, 0) is 6.42 Å². The molecule has 2 aliphatic heterocycles. The molecule has 0 aromatic rings. The smallest absolute Gasteiger partial charge is 0.329 e. The fraction of sp³-hybridized carbons (Fsp3) is 0.833. The summed E-state index contributed by atoms with van der Waals surface area (Å²) in [6, 6.07) is 0.396. The first-order valence-electron chi connectivity index (χ1n) is 6.56. The third-order valence-corrected chi connectivity index (χ3v) is 3.53. The van der Waals surface area contributed by atoms with E-state index in [1.54, 1.807) is 4.90 Å². The third kappa shape index (κ3) is 4.15. The lowest BCUT2D eigenvalue weighted by molar-refractivity contribution is -0.145. The van der Waals surface area contributed by atoms with Gasteiger partial charge in [0.15, 0.2) is 0 Å². The van der Waals surface area contributed by atoms with E-state index in [2.05, 4.69) is 4.90 Å². The maximum absolute atomic E-state index is 11.8. The van der Waals surface area contributed by atoms with Crippen molar-refractivity contribution in [3.8, 4) is 0 Å². The summed E-state index contributed by atoms with van der Waals surface area (Å²) < 4.78 is 10.1. The molecule has 1 N–H and O–H groups in total. The third-order valence-electron chi connectivity index (χ3n) is 3.53. The molecule has 2 saturated heterocycles. The van der Waals surface area contributed by atoms with Crippen LogP contribution < -0.4 is 0 Å². The number of carboxylic acids is 1. The molecule has 108 valence electrons. The monoisotopic (exact) mass is 272 g/mol. The van der Waals surface area contributed by atoms with Gasteiger partial charge in [0.1, 0.15) is 13.2 Å². The second-order valence-electron chi connectivity index (χ2n) is 4.82. The number of aliphatic carboxylic acids is 1. The zero-order valence-electron chi connectivity index (χ0n) is 10.9. The summed E-state index contributed by atoms with van der Waals surface area (Å²) in [7, 11) is 0. The molecule has 0 aliphatic carbocycles. The molecule has 0 spiro atoms. The maximum atomic E-state index is 11.8. The first kappa shape index (κ1) is 14.2. The second kappa shape index (κ2) is 6.83. The zero-order chi connectivity index (χ0) is 13.7. The van der Waals surface area contributed by atoms with E-state index >= 15 is 0 Å². The van der Waals surface area contributed by atoms with Gasteiger partial charge in [-0.25, -0.2) is 4.79 Å². The largest absolute Gasteiger partial charge is 0.480 e. The fourth-order valence-corrected chi connectivity index (χ4v) is 2.53. The number of carbonyl (C=O) groups is 2. The summed E-state index contributed by atoms with van der Waals surface area (Å²) in [4.78, 5) is 26.2. The van der Waals surface area contributed by atoms with E-state index in [1.807, 2.05) is 0 Å². The van der Waals surface area contributed by atoms with E-state index in [0.717, 1.165) is 39.3 Å². The minimum absolute atomic E-state index is 0.128. The Balaban J connectivity index is 1.71. The summed E-state index contributed by atoms with van der Waals surface area (Å²) in [6.45, 7) is 4.20. The molecule has 7 nitrogen and oxygen atoms in total. The second-order valence-corrected chi connectivity index (χ2v) is 4.82. The minimum Gasteiger partial charge on any atom is -0.480 e. The van der Waals surface area contributed by atoms with Crippen LogP contribution >= 0.6 is 0 Å². The van der Waals surface area contributed by atoms with Crippen molar-refractivity contribution >= 4 is 11.9 Å². The van der Waals surface area contributed by atoms with E-state index in [4.69, 9.17) is 14.6 Å². The van der Waals surface area contributed by atoms with Crippen LogP contribution in [0, 0.1) is 0 Å². The Kier molecular flexibility index (Phi) is 5.12. The summed E-state index contributed by atoms with van der Waals surface area (Å²) in [5.74, 6) is -1.18. The van der Waals surface area contributed by atoms with Gasteiger partial charge in [0, 0.05) is 32.2 Å². The maximum Gasteiger partial charge on any atom is 0.329 e. The molecule has 1 atom stereocenters. The van der Waals surface area contributed by atoms with Crippen LogP contribution in [0.2, 0.25) is 0 Å². The van der Waals surface area contributed by atoms with E-state index in [-0.39, 0.29) is 12.5 Å². The molecule has 2 fully saturated rings. The number of carbonyl (C=O) groups excluding carboxylic acids is 1. The molecule has 7 heteroatoms. The minimum atomic E-state index is -1.06. The molecular formula is C12H20N2O5. The number of carboxylic acid groups (broad SMARTS) is 1. The number of hydrogen-bond acceptors (Lipinski definition) is 5. The Labute approximate surface area is 112 Å². The summed E-state index contributed by atoms with van der Waals surface area (Å²) in [5.41, 5.74) is 0. The summed E-state index contributed by atoms with van der Waals surface area (Å²) in [5, 5.41) is 8.44. The molecule has 0 saturated carbocycles. The predicted molar refractivity (Wildman–Crippen MR) is 65.8 cm³/mol. The van der Waals surface area contributed by atoms with Crippen LogP contribution in [0.1, 0.15) is 6.42 Å². The van der Waals surface area contributed by atoms with Gasteiger partial charge >= 0.3 is 5.97 Å². The van der Waals surface area contributed by atoms with Crippen molar-refractivity contribution in [2.45, 2.75) is 12.5 Å². The van der Waals surface area contributed by atoms with E-state index in [0.29, 0.717) is 12.6 Å². The first-order valence-corrected chi connectivity index (χ1v) is 6.56. The van der Waals surface area contributed by atoms with Gasteiger partial charge in [-0.1, -0.05) is 0 Å². The zero-order valence-corrected chi connectivity index (χ0v) is 10.9. The van der Waals surface area contributed by atoms with Crippen LogP contribution in [0.3, 0.4) is 0 Å². The molecule has 2 aliphatic rings. The first-order chi connectivity index (χ1) is 9.16. The number of hydrogen-bond donors (Lipinski definition) is 1. The highest BCUT2D eigenvalue weighted by atomic mass is 16.5. The average molecular weight is 272 g/mol. The molecule has 2 heterocycles. The van der Waals surface area contributed by atoms with Gasteiger partial charge in [-0.3, -0.25) is 9.69 Å².